The molecule has 0 N–H and O–H groups in total. The van der Waals surface area contributed by atoms with Gasteiger partial charge in [-0.2, -0.15) is 0 Å². The van der Waals surface area contributed by atoms with Crippen LogP contribution in [0.2, 0.25) is 0 Å². The van der Waals surface area contributed by atoms with Gasteiger partial charge in [0.05, 0.1) is 4.75 Å². The summed E-state index contributed by atoms with van der Waals surface area (Å²) in [7, 11) is 0. The Balaban J connectivity index is 2.18. The average Bonchev–Trinajstić information content (AvgIpc) is 2.78. The molecule has 0 nitrogen and oxygen atoms in total. The third-order valence-electron chi connectivity index (χ3n) is 2.73. The van der Waals surface area contributed by atoms with E-state index in [0.717, 1.165) is 0 Å². The zero-order valence-corrected chi connectivity index (χ0v) is 7.95. The van der Waals surface area contributed by atoms with E-state index in [9.17, 15) is 0 Å². The molecular weight excluding hydrogens is 152 g/mol. The molecule has 2 rings (SSSR count). The Labute approximate surface area is 72.8 Å². The molecule has 1 aliphatic heterocycles. The molecular formula is C10H14S. The lowest BCUT2D eigenvalue weighted by Crippen LogP contribution is -2.15. The van der Waals surface area contributed by atoms with Crippen LogP contribution in [0.1, 0.15) is 20.3 Å². The van der Waals surface area contributed by atoms with E-state index in [1.165, 1.54) is 12.2 Å². The lowest BCUT2D eigenvalue weighted by Gasteiger charge is -2.24. The van der Waals surface area contributed by atoms with Crippen molar-refractivity contribution in [3.05, 3.63) is 24.3 Å². The monoisotopic (exact) mass is 166 g/mol. The zero-order valence-electron chi connectivity index (χ0n) is 7.13. The minimum Gasteiger partial charge on any atom is -0.144 e. The molecule has 0 unspecified atom stereocenters. The SMILES string of the molecule is CCC1(C)C=CC2(C=C1)CS2. The van der Waals surface area contributed by atoms with Gasteiger partial charge in [-0.15, -0.1) is 11.8 Å². The van der Waals surface area contributed by atoms with Crippen molar-refractivity contribution in [1.29, 1.82) is 0 Å². The Bertz CT molecular complexity index is 205. The molecule has 0 atom stereocenters. The highest BCUT2D eigenvalue weighted by Crippen LogP contribution is 2.50. The van der Waals surface area contributed by atoms with Crippen LogP contribution in [0.3, 0.4) is 0 Å². The number of rotatable bonds is 1. The topological polar surface area (TPSA) is 0 Å². The maximum Gasteiger partial charge on any atom is 0.0610 e. The first-order valence-electron chi connectivity index (χ1n) is 4.23. The van der Waals surface area contributed by atoms with Gasteiger partial charge in [-0.25, -0.2) is 0 Å². The third-order valence-corrected chi connectivity index (χ3v) is 3.96. The highest BCUT2D eigenvalue weighted by Gasteiger charge is 2.41. The van der Waals surface area contributed by atoms with E-state index in [4.69, 9.17) is 0 Å². The largest absolute Gasteiger partial charge is 0.144 e. The van der Waals surface area contributed by atoms with Crippen LogP contribution >= 0.6 is 11.8 Å². The molecule has 0 bridgehead atoms. The maximum absolute atomic E-state index is 2.38. The lowest BCUT2D eigenvalue weighted by molar-refractivity contribution is 0.520. The van der Waals surface area contributed by atoms with Crippen LogP contribution in [0.15, 0.2) is 24.3 Å². The van der Waals surface area contributed by atoms with Crippen molar-refractivity contribution >= 4 is 11.8 Å². The molecule has 0 radical (unpaired) electrons. The van der Waals surface area contributed by atoms with Gasteiger partial charge in [0.1, 0.15) is 0 Å². The molecule has 1 aliphatic carbocycles. The predicted octanol–water partition coefficient (Wildman–Crippen LogP) is 3.01. The second-order valence-corrected chi connectivity index (χ2v) is 5.11. The lowest BCUT2D eigenvalue weighted by atomic mass is 9.82. The van der Waals surface area contributed by atoms with Gasteiger partial charge in [-0.1, -0.05) is 38.2 Å². The number of thioether (sulfide) groups is 1. The highest BCUT2D eigenvalue weighted by molar-refractivity contribution is 8.08. The molecule has 0 aromatic heterocycles. The summed E-state index contributed by atoms with van der Waals surface area (Å²) in [6.45, 7) is 4.53. The van der Waals surface area contributed by atoms with Crippen LogP contribution in [0.4, 0.5) is 0 Å². The zero-order chi connectivity index (χ0) is 7.95. The standard InChI is InChI=1S/C10H14S/c1-3-9(2)4-6-10(7-5-9)8-11-10/h4-7H,3,8H2,1-2H3. The Kier molecular flexibility index (Phi) is 1.47. The van der Waals surface area contributed by atoms with Crippen LogP contribution in [0, 0.1) is 5.41 Å². The molecule has 1 heterocycles. The molecule has 1 saturated heterocycles. The maximum atomic E-state index is 2.38. The van der Waals surface area contributed by atoms with E-state index in [1.54, 1.807) is 0 Å². The Morgan fingerprint density at radius 3 is 2.18 bits per heavy atom. The summed E-state index contributed by atoms with van der Waals surface area (Å²) in [5, 5.41) is 0. The van der Waals surface area contributed by atoms with Crippen molar-refractivity contribution in [3.63, 3.8) is 0 Å². The average molecular weight is 166 g/mol. The summed E-state index contributed by atoms with van der Waals surface area (Å²) in [4.78, 5) is 0. The molecule has 0 saturated carbocycles. The minimum absolute atomic E-state index is 0.342. The molecule has 60 valence electrons. The fourth-order valence-electron chi connectivity index (χ4n) is 1.29. The molecule has 11 heavy (non-hydrogen) atoms. The Morgan fingerprint density at radius 1 is 1.27 bits per heavy atom. The van der Waals surface area contributed by atoms with Crippen LogP contribution in [-0.4, -0.2) is 10.5 Å². The second kappa shape index (κ2) is 2.16. The van der Waals surface area contributed by atoms with Crippen LogP contribution in [0.5, 0.6) is 0 Å². The molecule has 2 aliphatic rings. The third kappa shape index (κ3) is 1.26. The van der Waals surface area contributed by atoms with Crippen molar-refractivity contribution in [2.75, 3.05) is 5.75 Å². The van der Waals surface area contributed by atoms with Gasteiger partial charge in [-0.3, -0.25) is 0 Å². The van der Waals surface area contributed by atoms with E-state index >= 15 is 0 Å². The first-order valence-corrected chi connectivity index (χ1v) is 5.21. The van der Waals surface area contributed by atoms with Gasteiger partial charge in [0.15, 0.2) is 0 Å². The van der Waals surface area contributed by atoms with Gasteiger partial charge < -0.3 is 0 Å². The van der Waals surface area contributed by atoms with Gasteiger partial charge in [0.2, 0.25) is 0 Å². The summed E-state index contributed by atoms with van der Waals surface area (Å²) in [5.41, 5.74) is 0.342. The second-order valence-electron chi connectivity index (χ2n) is 3.77. The first-order chi connectivity index (χ1) is 5.18. The molecule has 1 heteroatoms. The van der Waals surface area contributed by atoms with Crippen molar-refractivity contribution < 1.29 is 0 Å². The van der Waals surface area contributed by atoms with E-state index in [-0.39, 0.29) is 0 Å². The van der Waals surface area contributed by atoms with E-state index in [2.05, 4.69) is 38.2 Å². The van der Waals surface area contributed by atoms with Crippen LogP contribution in [0.25, 0.3) is 0 Å². The summed E-state index contributed by atoms with van der Waals surface area (Å²) in [5.74, 6) is 1.29. The molecule has 1 spiro atoms. The number of hydrogen-bond donors (Lipinski definition) is 0. The number of allylic oxidation sites excluding steroid dienone is 2. The molecule has 1 fully saturated rings. The van der Waals surface area contributed by atoms with E-state index in [1.807, 2.05) is 11.8 Å². The van der Waals surface area contributed by atoms with Crippen LogP contribution < -0.4 is 0 Å². The quantitative estimate of drug-likeness (QED) is 0.426. The first kappa shape index (κ1) is 7.48. The van der Waals surface area contributed by atoms with Gasteiger partial charge in [0, 0.05) is 11.2 Å². The summed E-state index contributed by atoms with van der Waals surface area (Å²) in [6, 6.07) is 0. The predicted molar refractivity (Wildman–Crippen MR) is 51.9 cm³/mol. The Morgan fingerprint density at radius 2 is 1.82 bits per heavy atom. The van der Waals surface area contributed by atoms with Crippen molar-refractivity contribution in [3.8, 4) is 0 Å². The molecule has 0 aromatic carbocycles. The smallest absolute Gasteiger partial charge is 0.0610 e. The summed E-state index contributed by atoms with van der Waals surface area (Å²) in [6.07, 6.45) is 10.7. The fourth-order valence-corrected chi connectivity index (χ4v) is 1.97. The fraction of sp³-hybridized carbons (Fsp3) is 0.600. The van der Waals surface area contributed by atoms with E-state index in [0.29, 0.717) is 10.2 Å². The summed E-state index contributed by atoms with van der Waals surface area (Å²) < 4.78 is 0.439. The van der Waals surface area contributed by atoms with Gasteiger partial charge in [-0.05, 0) is 6.42 Å². The van der Waals surface area contributed by atoms with Gasteiger partial charge >= 0.3 is 0 Å². The van der Waals surface area contributed by atoms with Crippen molar-refractivity contribution in [1.82, 2.24) is 0 Å². The molecule has 0 aromatic rings. The van der Waals surface area contributed by atoms with Crippen molar-refractivity contribution in [2.24, 2.45) is 5.41 Å². The number of hydrogen-bond acceptors (Lipinski definition) is 1. The van der Waals surface area contributed by atoms with Crippen LogP contribution in [-0.2, 0) is 0 Å². The highest BCUT2D eigenvalue weighted by atomic mass is 32.2. The molecule has 0 amide bonds. The van der Waals surface area contributed by atoms with Gasteiger partial charge in [0.25, 0.3) is 0 Å². The van der Waals surface area contributed by atoms with Crippen molar-refractivity contribution in [2.45, 2.75) is 25.0 Å². The Hall–Kier alpha value is -0.170. The minimum atomic E-state index is 0.342. The van der Waals surface area contributed by atoms with E-state index < -0.39 is 0 Å². The summed E-state index contributed by atoms with van der Waals surface area (Å²) >= 11 is 2.03. The normalized spacial score (nSPS) is 46.7.